The van der Waals surface area contributed by atoms with Crippen molar-refractivity contribution < 1.29 is 19.1 Å². The molecule has 0 aliphatic rings. The lowest BCUT2D eigenvalue weighted by molar-refractivity contribution is -0.123. The minimum Gasteiger partial charge on any atom is -0.484 e. The van der Waals surface area contributed by atoms with Crippen LogP contribution in [0.15, 0.2) is 47.6 Å². The molecule has 30 heavy (non-hydrogen) atoms. The van der Waals surface area contributed by atoms with Gasteiger partial charge in [-0.25, -0.2) is 10.2 Å². The number of benzene rings is 2. The van der Waals surface area contributed by atoms with Crippen LogP contribution >= 0.6 is 11.6 Å². The monoisotopic (exact) mass is 427 g/mol. The maximum absolute atomic E-state index is 12.4. The summed E-state index contributed by atoms with van der Waals surface area (Å²) < 4.78 is 12.7. The zero-order valence-electron chi connectivity index (χ0n) is 16.9. The number of carbonyl (C=O) groups is 2. The van der Waals surface area contributed by atoms with Crippen LogP contribution in [0.3, 0.4) is 0 Å². The topological polar surface area (TPSA) is 81.9 Å². The number of aromatic nitrogens is 1. The summed E-state index contributed by atoms with van der Waals surface area (Å²) in [6.45, 7) is 3.70. The van der Waals surface area contributed by atoms with Crippen molar-refractivity contribution in [2.45, 2.75) is 13.8 Å². The fourth-order valence-electron chi connectivity index (χ4n) is 3.01. The maximum atomic E-state index is 12.4. The first kappa shape index (κ1) is 21.4. The third kappa shape index (κ3) is 4.80. The van der Waals surface area contributed by atoms with Crippen LogP contribution in [0.2, 0.25) is 5.02 Å². The average molecular weight is 428 g/mol. The largest absolute Gasteiger partial charge is 0.484 e. The number of hydrogen-bond donors (Lipinski definition) is 1. The fourth-order valence-corrected chi connectivity index (χ4v) is 3.14. The molecule has 3 rings (SSSR count). The van der Waals surface area contributed by atoms with Gasteiger partial charge in [0.15, 0.2) is 6.61 Å². The molecule has 0 spiro atoms. The van der Waals surface area contributed by atoms with Crippen LogP contribution in [0.5, 0.6) is 5.75 Å². The summed E-state index contributed by atoms with van der Waals surface area (Å²) in [5.41, 5.74) is 5.38. The number of carbonyl (C=O) groups excluding carboxylic acids is 2. The highest BCUT2D eigenvalue weighted by molar-refractivity contribution is 6.30. The second-order valence-corrected chi connectivity index (χ2v) is 6.99. The van der Waals surface area contributed by atoms with E-state index in [1.807, 2.05) is 24.6 Å². The summed E-state index contributed by atoms with van der Waals surface area (Å²) in [5, 5.41) is 5.24. The molecule has 7 nitrogen and oxygen atoms in total. The highest BCUT2D eigenvalue weighted by atomic mass is 35.5. The summed E-state index contributed by atoms with van der Waals surface area (Å²) in [4.78, 5) is 24.4. The standard InChI is InChI=1S/C22H22ClN3O4/c1-4-29-22(28)21-14(2)26(3)19-10-9-17(11-18(19)21)30-13-20(27)25-24-12-15-5-7-16(23)8-6-15/h5-12H,4,13H2,1-3H3,(H,25,27)/b24-12-. The van der Waals surface area contributed by atoms with Crippen molar-refractivity contribution >= 4 is 40.6 Å². The van der Waals surface area contributed by atoms with Crippen LogP contribution in [-0.2, 0) is 16.6 Å². The first-order valence-corrected chi connectivity index (χ1v) is 9.75. The van der Waals surface area contributed by atoms with Gasteiger partial charge in [0.1, 0.15) is 5.75 Å². The van der Waals surface area contributed by atoms with Crippen LogP contribution in [-0.4, -0.2) is 35.9 Å². The first-order chi connectivity index (χ1) is 14.4. The van der Waals surface area contributed by atoms with E-state index in [0.717, 1.165) is 16.8 Å². The van der Waals surface area contributed by atoms with Crippen molar-refractivity contribution in [1.29, 1.82) is 0 Å². The summed E-state index contributed by atoms with van der Waals surface area (Å²) in [6.07, 6.45) is 1.51. The van der Waals surface area contributed by atoms with Gasteiger partial charge in [0.2, 0.25) is 0 Å². The highest BCUT2D eigenvalue weighted by Gasteiger charge is 2.20. The lowest BCUT2D eigenvalue weighted by atomic mass is 10.1. The average Bonchev–Trinajstić information content (AvgIpc) is 2.98. The van der Waals surface area contributed by atoms with Gasteiger partial charge in [0, 0.05) is 28.7 Å². The smallest absolute Gasteiger partial charge is 0.340 e. The molecule has 0 aliphatic carbocycles. The number of amides is 1. The van der Waals surface area contributed by atoms with E-state index in [9.17, 15) is 9.59 Å². The summed E-state index contributed by atoms with van der Waals surface area (Å²) in [5.74, 6) is -0.322. The van der Waals surface area contributed by atoms with Gasteiger partial charge in [-0.05, 0) is 49.7 Å². The fraction of sp³-hybridized carbons (Fsp3) is 0.227. The Hall–Kier alpha value is -3.32. The molecule has 1 amide bonds. The van der Waals surface area contributed by atoms with E-state index in [1.165, 1.54) is 6.21 Å². The number of nitrogens with zero attached hydrogens (tertiary/aromatic N) is 2. The number of rotatable bonds is 7. The second-order valence-electron chi connectivity index (χ2n) is 6.55. The Morgan fingerprint density at radius 3 is 2.63 bits per heavy atom. The molecular weight excluding hydrogens is 406 g/mol. The molecule has 0 radical (unpaired) electrons. The van der Waals surface area contributed by atoms with Crippen LogP contribution in [0.1, 0.15) is 28.5 Å². The number of esters is 1. The van der Waals surface area contributed by atoms with Gasteiger partial charge in [-0.3, -0.25) is 4.79 Å². The van der Waals surface area contributed by atoms with E-state index in [-0.39, 0.29) is 12.6 Å². The predicted octanol–water partition coefficient (Wildman–Crippen LogP) is 3.85. The van der Waals surface area contributed by atoms with Crippen molar-refractivity contribution in [3.05, 3.63) is 64.3 Å². The van der Waals surface area contributed by atoms with Crippen molar-refractivity contribution in [3.8, 4) is 5.75 Å². The van der Waals surface area contributed by atoms with Gasteiger partial charge in [0.25, 0.3) is 5.91 Å². The SMILES string of the molecule is CCOC(=O)c1c(C)n(C)c2ccc(OCC(=O)N/N=C\c3ccc(Cl)cc3)cc12. The van der Waals surface area contributed by atoms with Gasteiger partial charge in [-0.2, -0.15) is 5.10 Å². The molecule has 8 heteroatoms. The van der Waals surface area contributed by atoms with Crippen molar-refractivity contribution in [3.63, 3.8) is 0 Å². The number of hydrogen-bond acceptors (Lipinski definition) is 5. The molecule has 156 valence electrons. The van der Waals surface area contributed by atoms with E-state index in [0.29, 0.717) is 28.3 Å². The van der Waals surface area contributed by atoms with Crippen LogP contribution in [0.4, 0.5) is 0 Å². The quantitative estimate of drug-likeness (QED) is 0.353. The lowest BCUT2D eigenvalue weighted by Crippen LogP contribution is -2.24. The summed E-state index contributed by atoms with van der Waals surface area (Å²) >= 11 is 5.83. The molecule has 0 bridgehead atoms. The molecule has 0 aliphatic heterocycles. The highest BCUT2D eigenvalue weighted by Crippen LogP contribution is 2.29. The van der Waals surface area contributed by atoms with Crippen LogP contribution in [0.25, 0.3) is 10.9 Å². The minimum atomic E-state index is -0.407. The molecular formula is C22H22ClN3O4. The van der Waals surface area contributed by atoms with Gasteiger partial charge in [-0.1, -0.05) is 23.7 Å². The number of ether oxygens (including phenoxy) is 2. The summed E-state index contributed by atoms with van der Waals surface area (Å²) in [7, 11) is 1.88. The lowest BCUT2D eigenvalue weighted by Gasteiger charge is -2.06. The molecule has 0 atom stereocenters. The van der Waals surface area contributed by atoms with Gasteiger partial charge in [-0.15, -0.1) is 0 Å². The number of halogens is 1. The zero-order chi connectivity index (χ0) is 21.7. The predicted molar refractivity (Wildman–Crippen MR) is 116 cm³/mol. The minimum absolute atomic E-state index is 0.218. The Labute approximate surface area is 179 Å². The number of fused-ring (bicyclic) bond motifs is 1. The maximum Gasteiger partial charge on any atom is 0.340 e. The second kappa shape index (κ2) is 9.45. The Bertz CT molecular complexity index is 1100. The number of nitrogens with one attached hydrogen (secondary N) is 1. The molecule has 0 fully saturated rings. The van der Waals surface area contributed by atoms with Crippen LogP contribution in [0, 0.1) is 6.92 Å². The van der Waals surface area contributed by atoms with Crippen molar-refractivity contribution in [2.75, 3.05) is 13.2 Å². The Morgan fingerprint density at radius 1 is 1.20 bits per heavy atom. The molecule has 3 aromatic rings. The van der Waals surface area contributed by atoms with Gasteiger partial charge < -0.3 is 14.0 Å². The zero-order valence-corrected chi connectivity index (χ0v) is 17.7. The van der Waals surface area contributed by atoms with Crippen LogP contribution < -0.4 is 10.2 Å². The number of aryl methyl sites for hydroxylation is 1. The Balaban J connectivity index is 1.67. The van der Waals surface area contributed by atoms with Gasteiger partial charge >= 0.3 is 5.97 Å². The van der Waals surface area contributed by atoms with E-state index in [1.54, 1.807) is 43.3 Å². The van der Waals surface area contributed by atoms with E-state index >= 15 is 0 Å². The Kier molecular flexibility index (Phi) is 6.74. The van der Waals surface area contributed by atoms with E-state index in [2.05, 4.69) is 10.5 Å². The number of hydrazone groups is 1. The van der Waals surface area contributed by atoms with E-state index in [4.69, 9.17) is 21.1 Å². The van der Waals surface area contributed by atoms with Gasteiger partial charge in [0.05, 0.1) is 18.4 Å². The molecule has 0 saturated heterocycles. The van der Waals surface area contributed by atoms with E-state index < -0.39 is 5.91 Å². The molecule has 1 aromatic heterocycles. The molecule has 0 saturated carbocycles. The molecule has 0 unspecified atom stereocenters. The third-order valence-corrected chi connectivity index (χ3v) is 4.84. The van der Waals surface area contributed by atoms with Crippen molar-refractivity contribution in [2.24, 2.45) is 12.1 Å². The Morgan fingerprint density at radius 2 is 1.93 bits per heavy atom. The molecule has 1 N–H and O–H groups in total. The first-order valence-electron chi connectivity index (χ1n) is 9.37. The molecule has 1 heterocycles. The third-order valence-electron chi connectivity index (χ3n) is 4.59. The normalized spacial score (nSPS) is 11.1. The summed E-state index contributed by atoms with van der Waals surface area (Å²) in [6, 6.07) is 12.4. The van der Waals surface area contributed by atoms with Crippen molar-refractivity contribution in [1.82, 2.24) is 9.99 Å². The molecule has 2 aromatic carbocycles.